The average Bonchev–Trinajstić information content (AvgIpc) is 3.74. The van der Waals surface area contributed by atoms with E-state index in [1.807, 2.05) is 0 Å². The van der Waals surface area contributed by atoms with Crippen LogP contribution >= 0.6 is 15.6 Å². The topological polar surface area (TPSA) is 237 Å². The molecule has 0 aromatic heterocycles. The number of aliphatic hydroxyl groups excluding tert-OH is 1. The Balaban J connectivity index is 5.19. The molecule has 3 unspecified atom stereocenters. The summed E-state index contributed by atoms with van der Waals surface area (Å²) in [6.07, 6.45) is 53.9. The fourth-order valence-electron chi connectivity index (χ4n) is 10.2. The van der Waals surface area contributed by atoms with Crippen LogP contribution in [0.4, 0.5) is 0 Å². The SMILES string of the molecule is CCCCCC/C=C\C=C/CCCCCCCC(=O)OC[C@H](COP(=O)(O)OC[C@@H](O)COP(=O)(O)OC[C@@H](COC(=O)CCCCCCC)OC(=O)CCCCCCCCCCC(C)CC)OC(=O)CCCCCCCCCCCCCCCCCCCC. The number of allylic oxidation sites excluding steroid dienone is 4. The molecule has 17 nitrogen and oxygen atoms in total. The average molecular weight is 1320 g/mol. The Labute approximate surface area is 548 Å². The molecule has 19 heteroatoms. The highest BCUT2D eigenvalue weighted by molar-refractivity contribution is 7.47. The van der Waals surface area contributed by atoms with Crippen molar-refractivity contribution < 1.29 is 80.2 Å². The van der Waals surface area contributed by atoms with Crippen LogP contribution in [0.2, 0.25) is 0 Å². The van der Waals surface area contributed by atoms with E-state index in [1.165, 1.54) is 141 Å². The Hall–Kier alpha value is -2.46. The van der Waals surface area contributed by atoms with Crippen LogP contribution in [-0.2, 0) is 65.4 Å². The maximum atomic E-state index is 13.0. The van der Waals surface area contributed by atoms with Gasteiger partial charge in [-0.3, -0.25) is 37.3 Å². The third-order valence-electron chi connectivity index (χ3n) is 16.3. The third kappa shape index (κ3) is 63.0. The first kappa shape index (κ1) is 87.5. The fourth-order valence-corrected chi connectivity index (χ4v) is 11.8. The Morgan fingerprint density at radius 3 is 0.944 bits per heavy atom. The van der Waals surface area contributed by atoms with Crippen LogP contribution in [0.3, 0.4) is 0 Å². The van der Waals surface area contributed by atoms with Gasteiger partial charge in [-0.15, -0.1) is 0 Å². The number of phosphoric ester groups is 2. The number of unbranched alkanes of at least 4 members (excludes halogenated alkanes) is 37. The van der Waals surface area contributed by atoms with Gasteiger partial charge in [-0.25, -0.2) is 9.13 Å². The number of hydrogen-bond donors (Lipinski definition) is 3. The summed E-state index contributed by atoms with van der Waals surface area (Å²) >= 11 is 0. The summed E-state index contributed by atoms with van der Waals surface area (Å²) in [5, 5.41) is 10.6. The van der Waals surface area contributed by atoms with E-state index in [4.69, 9.17) is 37.0 Å². The van der Waals surface area contributed by atoms with Crippen LogP contribution < -0.4 is 0 Å². The molecule has 0 saturated carbocycles. The van der Waals surface area contributed by atoms with E-state index in [0.717, 1.165) is 121 Å². The van der Waals surface area contributed by atoms with Crippen molar-refractivity contribution in [3.63, 3.8) is 0 Å². The van der Waals surface area contributed by atoms with Gasteiger partial charge in [-0.05, 0) is 57.3 Å². The first-order valence-corrected chi connectivity index (χ1v) is 39.5. The molecule has 0 rings (SSSR count). The molecule has 0 saturated heterocycles. The summed E-state index contributed by atoms with van der Waals surface area (Å²) in [7, 11) is -9.90. The summed E-state index contributed by atoms with van der Waals surface area (Å²) in [6.45, 7) is 7.09. The van der Waals surface area contributed by atoms with Crippen LogP contribution in [0, 0.1) is 5.92 Å². The number of carbonyl (C=O) groups excluding carboxylic acids is 4. The van der Waals surface area contributed by atoms with Crippen molar-refractivity contribution in [1.82, 2.24) is 0 Å². The zero-order chi connectivity index (χ0) is 66.3. The Morgan fingerprint density at radius 2 is 0.622 bits per heavy atom. The largest absolute Gasteiger partial charge is 0.472 e. The molecule has 0 amide bonds. The van der Waals surface area contributed by atoms with Crippen molar-refractivity contribution in [2.45, 2.75) is 361 Å². The van der Waals surface area contributed by atoms with Crippen molar-refractivity contribution in [3.05, 3.63) is 24.3 Å². The standard InChI is InChI=1S/C71H134O17P2/c1-6-10-13-16-18-20-22-24-26-27-28-30-32-34-36-41-46-51-56-70(75)88-67(61-82-69(74)55-50-45-40-35-33-31-29-25-23-21-19-17-14-11-7-2)63-86-90(79,80)84-59-65(72)58-83-89(77,78)85-62-66(60-81-68(73)54-49-43-15-12-8-3)87-71(76)57-52-47-42-38-37-39-44-48-53-64(5)9-4/h21,23,25,29,64-67,72H,6-20,22,24,26-28,30-63H2,1-5H3,(H,77,78)(H,79,80)/b23-21-,29-25-/t64?,65-,66+,67+/m0/s1. The van der Waals surface area contributed by atoms with Gasteiger partial charge >= 0.3 is 39.5 Å². The molecule has 0 aromatic carbocycles. The van der Waals surface area contributed by atoms with Crippen LogP contribution in [0.1, 0.15) is 343 Å². The van der Waals surface area contributed by atoms with E-state index < -0.39 is 97.5 Å². The van der Waals surface area contributed by atoms with Gasteiger partial charge in [0.1, 0.15) is 19.3 Å². The molecular weight excluding hydrogens is 1190 g/mol. The number of aliphatic hydroxyl groups is 1. The second-order valence-corrected chi connectivity index (χ2v) is 28.1. The Morgan fingerprint density at radius 1 is 0.356 bits per heavy atom. The van der Waals surface area contributed by atoms with Crippen molar-refractivity contribution >= 4 is 39.5 Å². The summed E-state index contributed by atoms with van der Waals surface area (Å²) in [4.78, 5) is 72.3. The highest BCUT2D eigenvalue weighted by Crippen LogP contribution is 2.45. The molecular formula is C71H134O17P2. The van der Waals surface area contributed by atoms with E-state index >= 15 is 0 Å². The number of rotatable bonds is 69. The lowest BCUT2D eigenvalue weighted by atomic mass is 9.99. The predicted molar refractivity (Wildman–Crippen MR) is 363 cm³/mol. The highest BCUT2D eigenvalue weighted by atomic mass is 31.2. The van der Waals surface area contributed by atoms with E-state index in [-0.39, 0.29) is 25.7 Å². The molecule has 0 aliphatic carbocycles. The predicted octanol–water partition coefficient (Wildman–Crippen LogP) is 20.1. The zero-order valence-corrected chi connectivity index (χ0v) is 59.5. The quantitative estimate of drug-likeness (QED) is 0.0169. The minimum Gasteiger partial charge on any atom is -0.462 e. The first-order valence-electron chi connectivity index (χ1n) is 36.5. The van der Waals surface area contributed by atoms with Crippen molar-refractivity contribution in [3.8, 4) is 0 Å². The molecule has 0 spiro atoms. The smallest absolute Gasteiger partial charge is 0.462 e. The maximum Gasteiger partial charge on any atom is 0.472 e. The van der Waals surface area contributed by atoms with Gasteiger partial charge in [0, 0.05) is 25.7 Å². The highest BCUT2D eigenvalue weighted by Gasteiger charge is 2.30. The number of hydrogen-bond acceptors (Lipinski definition) is 15. The van der Waals surface area contributed by atoms with Gasteiger partial charge in [-0.1, -0.05) is 290 Å². The van der Waals surface area contributed by atoms with Gasteiger partial charge < -0.3 is 33.8 Å². The molecule has 0 bridgehead atoms. The van der Waals surface area contributed by atoms with Crippen LogP contribution in [-0.4, -0.2) is 96.7 Å². The first-order chi connectivity index (χ1) is 43.6. The van der Waals surface area contributed by atoms with Gasteiger partial charge in [0.25, 0.3) is 0 Å². The number of ether oxygens (including phenoxy) is 4. The lowest BCUT2D eigenvalue weighted by molar-refractivity contribution is -0.161. The Bertz CT molecular complexity index is 1830. The minimum atomic E-state index is -4.96. The second-order valence-electron chi connectivity index (χ2n) is 25.2. The van der Waals surface area contributed by atoms with E-state index in [9.17, 15) is 43.2 Å². The molecule has 0 fully saturated rings. The molecule has 0 aliphatic rings. The molecule has 0 heterocycles. The monoisotopic (exact) mass is 1320 g/mol. The van der Waals surface area contributed by atoms with E-state index in [2.05, 4.69) is 58.9 Å². The normalized spacial score (nSPS) is 14.5. The number of phosphoric acid groups is 2. The molecule has 0 aromatic rings. The molecule has 530 valence electrons. The van der Waals surface area contributed by atoms with Gasteiger partial charge in [0.2, 0.25) is 0 Å². The van der Waals surface area contributed by atoms with Crippen LogP contribution in [0.25, 0.3) is 0 Å². The lowest BCUT2D eigenvalue weighted by Crippen LogP contribution is -2.30. The van der Waals surface area contributed by atoms with Crippen molar-refractivity contribution in [1.29, 1.82) is 0 Å². The van der Waals surface area contributed by atoms with Crippen molar-refractivity contribution in [2.24, 2.45) is 5.92 Å². The maximum absolute atomic E-state index is 13.0. The van der Waals surface area contributed by atoms with Gasteiger partial charge in [0.15, 0.2) is 12.2 Å². The summed E-state index contributed by atoms with van der Waals surface area (Å²) in [5.41, 5.74) is 0. The lowest BCUT2D eigenvalue weighted by Gasteiger charge is -2.21. The van der Waals surface area contributed by atoms with Gasteiger partial charge in [-0.2, -0.15) is 0 Å². The molecule has 3 N–H and O–H groups in total. The minimum absolute atomic E-state index is 0.102. The van der Waals surface area contributed by atoms with E-state index in [0.29, 0.717) is 25.7 Å². The zero-order valence-electron chi connectivity index (χ0n) is 57.8. The molecule has 90 heavy (non-hydrogen) atoms. The molecule has 0 aliphatic heterocycles. The van der Waals surface area contributed by atoms with Crippen LogP contribution in [0.5, 0.6) is 0 Å². The second kappa shape index (κ2) is 63.9. The number of carbonyl (C=O) groups is 4. The summed E-state index contributed by atoms with van der Waals surface area (Å²) in [5.74, 6) is -1.40. The third-order valence-corrected chi connectivity index (χ3v) is 18.2. The molecule has 0 radical (unpaired) electrons. The van der Waals surface area contributed by atoms with Crippen molar-refractivity contribution in [2.75, 3.05) is 39.6 Å². The van der Waals surface area contributed by atoms with E-state index in [1.54, 1.807) is 0 Å². The Kier molecular flexibility index (Phi) is 62.2. The summed E-state index contributed by atoms with van der Waals surface area (Å²) in [6, 6.07) is 0. The molecule has 6 atom stereocenters. The summed E-state index contributed by atoms with van der Waals surface area (Å²) < 4.78 is 68.1. The van der Waals surface area contributed by atoms with Gasteiger partial charge in [0.05, 0.1) is 26.4 Å². The fraction of sp³-hybridized carbons (Fsp3) is 0.887. The number of esters is 4. The van der Waals surface area contributed by atoms with Crippen LogP contribution in [0.15, 0.2) is 24.3 Å².